The van der Waals surface area contributed by atoms with E-state index in [0.717, 1.165) is 43.1 Å². The lowest BCUT2D eigenvalue weighted by molar-refractivity contribution is 0.198. The number of benzene rings is 1. The Hall–Kier alpha value is -1.10. The fourth-order valence-electron chi connectivity index (χ4n) is 2.68. The van der Waals surface area contributed by atoms with Gasteiger partial charge in [0.25, 0.3) is 0 Å². The van der Waals surface area contributed by atoms with Crippen LogP contribution < -0.4 is 4.74 Å². The van der Waals surface area contributed by atoms with Crippen LogP contribution in [0.5, 0.6) is 5.75 Å². The van der Waals surface area contributed by atoms with Gasteiger partial charge in [0.1, 0.15) is 5.75 Å². The molecule has 0 aliphatic carbocycles. The maximum atomic E-state index is 9.74. The Morgan fingerprint density at radius 2 is 2.05 bits per heavy atom. The number of nitrogens with zero attached hydrogens (tertiary/aromatic N) is 2. The van der Waals surface area contributed by atoms with Gasteiger partial charge in [-0.3, -0.25) is 4.90 Å². The Kier molecular flexibility index (Phi) is 5.40. The molecule has 0 amide bonds. The molecular formula is C16H26N2O2. The highest BCUT2D eigenvalue weighted by molar-refractivity contribution is 5.38. The predicted octanol–water partition coefficient (Wildman–Crippen LogP) is 1.89. The molecular weight excluding hydrogens is 252 g/mol. The first kappa shape index (κ1) is 15.3. The van der Waals surface area contributed by atoms with Gasteiger partial charge in [-0.15, -0.1) is 0 Å². The third-order valence-corrected chi connectivity index (χ3v) is 3.99. The van der Waals surface area contributed by atoms with Gasteiger partial charge in [-0.05, 0) is 51.2 Å². The van der Waals surface area contributed by atoms with Crippen LogP contribution >= 0.6 is 0 Å². The van der Waals surface area contributed by atoms with Gasteiger partial charge >= 0.3 is 0 Å². The number of rotatable bonds is 4. The third kappa shape index (κ3) is 3.95. The van der Waals surface area contributed by atoms with Crippen LogP contribution in [0.15, 0.2) is 18.2 Å². The number of methoxy groups -OCH3 is 1. The van der Waals surface area contributed by atoms with E-state index in [-0.39, 0.29) is 0 Å². The quantitative estimate of drug-likeness (QED) is 0.912. The Morgan fingerprint density at radius 1 is 1.25 bits per heavy atom. The van der Waals surface area contributed by atoms with E-state index in [4.69, 9.17) is 4.74 Å². The molecule has 1 unspecified atom stereocenters. The van der Waals surface area contributed by atoms with E-state index in [2.05, 4.69) is 22.9 Å². The van der Waals surface area contributed by atoms with Crippen LogP contribution in [0.2, 0.25) is 0 Å². The van der Waals surface area contributed by atoms with Crippen LogP contribution in [-0.2, 0) is 6.54 Å². The van der Waals surface area contributed by atoms with Crippen molar-refractivity contribution >= 4 is 0 Å². The van der Waals surface area contributed by atoms with E-state index in [0.29, 0.717) is 0 Å². The summed E-state index contributed by atoms with van der Waals surface area (Å²) in [4.78, 5) is 4.84. The topological polar surface area (TPSA) is 35.9 Å². The van der Waals surface area contributed by atoms with Crippen molar-refractivity contribution in [2.75, 3.05) is 40.3 Å². The number of likely N-dealkylation sites (N-methyl/N-ethyl adjacent to an activating group) is 1. The van der Waals surface area contributed by atoms with Crippen molar-refractivity contribution in [1.82, 2.24) is 9.80 Å². The molecule has 4 nitrogen and oxygen atoms in total. The van der Waals surface area contributed by atoms with Gasteiger partial charge in [0.05, 0.1) is 13.2 Å². The highest BCUT2D eigenvalue weighted by atomic mass is 16.5. The lowest BCUT2D eigenvalue weighted by Gasteiger charge is -2.22. The fraction of sp³-hybridized carbons (Fsp3) is 0.625. The molecule has 4 heteroatoms. The second kappa shape index (κ2) is 7.07. The predicted molar refractivity (Wildman–Crippen MR) is 81.0 cm³/mol. The lowest BCUT2D eigenvalue weighted by atomic mass is 10.1. The normalized spacial score (nSPS) is 19.6. The summed E-state index contributed by atoms with van der Waals surface area (Å²) in [5, 5.41) is 9.74. The van der Waals surface area contributed by atoms with E-state index < -0.39 is 6.10 Å². The maximum Gasteiger partial charge on any atom is 0.123 e. The summed E-state index contributed by atoms with van der Waals surface area (Å²) in [6.45, 7) is 7.16. The molecule has 2 rings (SSSR count). The van der Waals surface area contributed by atoms with Crippen LogP contribution in [0.1, 0.15) is 30.6 Å². The van der Waals surface area contributed by atoms with Gasteiger partial charge in [0, 0.05) is 25.2 Å². The summed E-state index contributed by atoms with van der Waals surface area (Å²) in [7, 11) is 3.88. The number of ether oxygens (including phenoxy) is 1. The minimum absolute atomic E-state index is 0.435. The van der Waals surface area contributed by atoms with Gasteiger partial charge < -0.3 is 14.7 Å². The average molecular weight is 278 g/mol. The molecule has 1 fully saturated rings. The minimum atomic E-state index is -0.435. The summed E-state index contributed by atoms with van der Waals surface area (Å²) in [6.07, 6.45) is 0.768. The van der Waals surface area contributed by atoms with E-state index in [1.807, 2.05) is 12.1 Å². The Morgan fingerprint density at radius 3 is 2.75 bits per heavy atom. The number of hydrogen-bond donors (Lipinski definition) is 1. The van der Waals surface area contributed by atoms with Crippen molar-refractivity contribution in [3.63, 3.8) is 0 Å². The minimum Gasteiger partial charge on any atom is -0.496 e. The zero-order chi connectivity index (χ0) is 14.5. The standard InChI is InChI=1S/C16H26N2O2/c1-13(19)14-5-6-16(20-3)15(11-14)12-18-8-4-7-17(2)9-10-18/h5-6,11,13,19H,4,7-10,12H2,1-3H3. The monoisotopic (exact) mass is 278 g/mol. The van der Waals surface area contributed by atoms with Gasteiger partial charge in [0.2, 0.25) is 0 Å². The molecule has 1 aromatic carbocycles. The maximum absolute atomic E-state index is 9.74. The number of hydrogen-bond acceptors (Lipinski definition) is 4. The molecule has 20 heavy (non-hydrogen) atoms. The summed E-state index contributed by atoms with van der Waals surface area (Å²) in [5.41, 5.74) is 2.11. The van der Waals surface area contributed by atoms with E-state index in [1.54, 1.807) is 14.0 Å². The highest BCUT2D eigenvalue weighted by Crippen LogP contribution is 2.25. The van der Waals surface area contributed by atoms with Crippen molar-refractivity contribution in [2.24, 2.45) is 0 Å². The third-order valence-electron chi connectivity index (χ3n) is 3.99. The van der Waals surface area contributed by atoms with Crippen LogP contribution in [0.25, 0.3) is 0 Å². The largest absolute Gasteiger partial charge is 0.496 e. The first-order valence-corrected chi connectivity index (χ1v) is 7.36. The molecule has 1 N–H and O–H groups in total. The summed E-state index contributed by atoms with van der Waals surface area (Å²) >= 11 is 0. The molecule has 1 atom stereocenters. The van der Waals surface area contributed by atoms with Crippen molar-refractivity contribution in [3.8, 4) is 5.75 Å². The first-order valence-electron chi connectivity index (χ1n) is 7.36. The smallest absolute Gasteiger partial charge is 0.123 e. The van der Waals surface area contributed by atoms with Gasteiger partial charge in [-0.1, -0.05) is 6.07 Å². The van der Waals surface area contributed by atoms with Gasteiger partial charge in [-0.2, -0.15) is 0 Å². The fourth-order valence-corrected chi connectivity index (χ4v) is 2.68. The Bertz CT molecular complexity index is 434. The van der Waals surface area contributed by atoms with Crippen LogP contribution in [0.3, 0.4) is 0 Å². The molecule has 0 saturated carbocycles. The molecule has 1 aliphatic heterocycles. The second-order valence-corrected chi connectivity index (χ2v) is 5.68. The molecule has 1 aliphatic rings. The lowest BCUT2D eigenvalue weighted by Crippen LogP contribution is -2.28. The molecule has 1 saturated heterocycles. The summed E-state index contributed by atoms with van der Waals surface area (Å²) in [5.74, 6) is 0.909. The summed E-state index contributed by atoms with van der Waals surface area (Å²) < 4.78 is 5.46. The SMILES string of the molecule is COc1ccc(C(C)O)cc1CN1CCCN(C)CC1. The molecule has 1 aromatic rings. The van der Waals surface area contributed by atoms with E-state index in [1.165, 1.54) is 13.0 Å². The molecule has 112 valence electrons. The van der Waals surface area contributed by atoms with Crippen molar-refractivity contribution in [2.45, 2.75) is 26.0 Å². The zero-order valence-electron chi connectivity index (χ0n) is 12.8. The van der Waals surface area contributed by atoms with Crippen LogP contribution in [0, 0.1) is 0 Å². The Balaban J connectivity index is 2.12. The molecule has 1 heterocycles. The number of aliphatic hydroxyl groups excluding tert-OH is 1. The molecule has 0 radical (unpaired) electrons. The second-order valence-electron chi connectivity index (χ2n) is 5.68. The van der Waals surface area contributed by atoms with Crippen LogP contribution in [0.4, 0.5) is 0 Å². The Labute approximate surface area is 122 Å². The average Bonchev–Trinajstić information content (AvgIpc) is 2.63. The molecule has 0 aromatic heterocycles. The van der Waals surface area contributed by atoms with Crippen molar-refractivity contribution in [3.05, 3.63) is 29.3 Å². The summed E-state index contributed by atoms with van der Waals surface area (Å²) in [6, 6.07) is 5.96. The van der Waals surface area contributed by atoms with Crippen molar-refractivity contribution in [1.29, 1.82) is 0 Å². The first-order chi connectivity index (χ1) is 9.60. The highest BCUT2D eigenvalue weighted by Gasteiger charge is 2.15. The molecule has 0 spiro atoms. The van der Waals surface area contributed by atoms with Crippen LogP contribution in [-0.4, -0.2) is 55.2 Å². The zero-order valence-corrected chi connectivity index (χ0v) is 12.8. The van der Waals surface area contributed by atoms with Crippen molar-refractivity contribution < 1.29 is 9.84 Å². The van der Waals surface area contributed by atoms with Gasteiger partial charge in [-0.25, -0.2) is 0 Å². The van der Waals surface area contributed by atoms with Gasteiger partial charge in [0.15, 0.2) is 0 Å². The number of aliphatic hydroxyl groups is 1. The van der Waals surface area contributed by atoms with E-state index >= 15 is 0 Å². The molecule has 0 bridgehead atoms. The van der Waals surface area contributed by atoms with E-state index in [9.17, 15) is 5.11 Å².